The molecule has 0 spiro atoms. The zero-order chi connectivity index (χ0) is 13.4. The van der Waals surface area contributed by atoms with Gasteiger partial charge in [-0.15, -0.1) is 0 Å². The summed E-state index contributed by atoms with van der Waals surface area (Å²) in [5.41, 5.74) is 2.00. The van der Waals surface area contributed by atoms with E-state index in [2.05, 4.69) is 6.92 Å². The third-order valence-corrected chi connectivity index (χ3v) is 3.31. The van der Waals surface area contributed by atoms with Crippen LogP contribution in [0, 0.1) is 0 Å². The third kappa shape index (κ3) is 2.01. The van der Waals surface area contributed by atoms with Crippen LogP contribution in [0.25, 0.3) is 10.9 Å². The van der Waals surface area contributed by atoms with Crippen LogP contribution in [0.15, 0.2) is 18.3 Å². The van der Waals surface area contributed by atoms with Crippen LogP contribution in [0.2, 0.25) is 0 Å². The number of rotatable bonds is 3. The van der Waals surface area contributed by atoms with Gasteiger partial charge < -0.3 is 19.1 Å². The molecule has 0 fully saturated rings. The largest absolute Gasteiger partial charge is 0.486 e. The lowest BCUT2D eigenvalue weighted by atomic mass is 10.1. The number of aryl methyl sites for hydroxylation is 1. The van der Waals surface area contributed by atoms with Crippen molar-refractivity contribution >= 4 is 16.9 Å². The van der Waals surface area contributed by atoms with Gasteiger partial charge in [-0.05, 0) is 18.1 Å². The zero-order valence-corrected chi connectivity index (χ0v) is 10.7. The number of ether oxygens (including phenoxy) is 2. The molecule has 0 bridgehead atoms. The summed E-state index contributed by atoms with van der Waals surface area (Å²) in [4.78, 5) is 10.9. The summed E-state index contributed by atoms with van der Waals surface area (Å²) in [7, 11) is 0. The second-order valence-corrected chi connectivity index (χ2v) is 4.54. The van der Waals surface area contributed by atoms with Crippen LogP contribution in [0.5, 0.6) is 11.5 Å². The molecule has 0 amide bonds. The number of carboxylic acid groups (broad SMARTS) is 1. The molecule has 0 saturated heterocycles. The summed E-state index contributed by atoms with van der Waals surface area (Å²) in [5, 5.41) is 10.0. The quantitative estimate of drug-likeness (QED) is 0.918. The molecule has 1 aromatic carbocycles. The Bertz CT molecular complexity index is 644. The van der Waals surface area contributed by atoms with Crippen LogP contribution in [-0.2, 0) is 17.8 Å². The Morgan fingerprint density at radius 3 is 2.63 bits per heavy atom. The molecule has 1 aliphatic heterocycles. The summed E-state index contributed by atoms with van der Waals surface area (Å²) < 4.78 is 12.9. The topological polar surface area (TPSA) is 60.7 Å². The van der Waals surface area contributed by atoms with Gasteiger partial charge in [-0.2, -0.15) is 0 Å². The molecule has 0 aliphatic carbocycles. The van der Waals surface area contributed by atoms with Gasteiger partial charge in [0.1, 0.15) is 19.8 Å². The molecular weight excluding hydrogens is 246 g/mol. The van der Waals surface area contributed by atoms with Crippen LogP contribution in [0.1, 0.15) is 12.5 Å². The van der Waals surface area contributed by atoms with E-state index >= 15 is 0 Å². The lowest BCUT2D eigenvalue weighted by molar-refractivity contribution is -0.137. The molecule has 0 unspecified atom stereocenters. The number of benzene rings is 1. The summed E-state index contributed by atoms with van der Waals surface area (Å²) in [6, 6.07) is 3.81. The molecule has 5 nitrogen and oxygen atoms in total. The number of carbonyl (C=O) groups is 1. The first-order valence-corrected chi connectivity index (χ1v) is 6.32. The van der Waals surface area contributed by atoms with Gasteiger partial charge in [-0.1, -0.05) is 6.92 Å². The maximum Gasteiger partial charge on any atom is 0.323 e. The van der Waals surface area contributed by atoms with E-state index in [1.165, 1.54) is 0 Å². The highest BCUT2D eigenvalue weighted by Crippen LogP contribution is 2.36. The SMILES string of the molecule is CCc1cn(CC(=O)O)c2cc3c(cc12)OCCO3. The van der Waals surface area contributed by atoms with Crippen molar-refractivity contribution in [2.45, 2.75) is 19.9 Å². The molecule has 0 saturated carbocycles. The summed E-state index contributed by atoms with van der Waals surface area (Å²) in [6.45, 7) is 3.08. The van der Waals surface area contributed by atoms with Gasteiger partial charge in [0, 0.05) is 17.6 Å². The number of aromatic nitrogens is 1. The van der Waals surface area contributed by atoms with Gasteiger partial charge in [0.25, 0.3) is 0 Å². The first-order valence-electron chi connectivity index (χ1n) is 6.32. The van der Waals surface area contributed by atoms with Crippen molar-refractivity contribution in [1.82, 2.24) is 4.57 Å². The number of hydrogen-bond donors (Lipinski definition) is 1. The van der Waals surface area contributed by atoms with Gasteiger partial charge in [0.15, 0.2) is 11.5 Å². The average Bonchev–Trinajstić information content (AvgIpc) is 2.73. The lowest BCUT2D eigenvalue weighted by Crippen LogP contribution is -2.15. The second kappa shape index (κ2) is 4.50. The van der Waals surface area contributed by atoms with E-state index in [4.69, 9.17) is 14.6 Å². The fourth-order valence-corrected chi connectivity index (χ4v) is 2.46. The average molecular weight is 261 g/mol. The molecule has 1 aromatic heterocycles. The Hall–Kier alpha value is -2.17. The smallest absolute Gasteiger partial charge is 0.323 e. The molecule has 1 aliphatic rings. The van der Waals surface area contributed by atoms with E-state index < -0.39 is 5.97 Å². The highest BCUT2D eigenvalue weighted by Gasteiger charge is 2.17. The summed E-state index contributed by atoms with van der Waals surface area (Å²) in [6.07, 6.45) is 2.74. The number of carboxylic acids is 1. The first-order chi connectivity index (χ1) is 9.19. The minimum absolute atomic E-state index is 0.0455. The maximum atomic E-state index is 10.9. The predicted octanol–water partition coefficient (Wildman–Crippen LogP) is 2.06. The molecule has 3 rings (SSSR count). The van der Waals surface area contributed by atoms with Crippen molar-refractivity contribution < 1.29 is 19.4 Å². The number of fused-ring (bicyclic) bond motifs is 2. The van der Waals surface area contributed by atoms with Gasteiger partial charge >= 0.3 is 5.97 Å². The third-order valence-electron chi connectivity index (χ3n) is 3.31. The molecule has 1 N–H and O–H groups in total. The summed E-state index contributed by atoms with van der Waals surface area (Å²) in [5.74, 6) is 0.571. The van der Waals surface area contributed by atoms with Crippen LogP contribution < -0.4 is 9.47 Å². The van der Waals surface area contributed by atoms with Crippen molar-refractivity contribution in [3.05, 3.63) is 23.9 Å². The number of aliphatic carboxylic acids is 1. The predicted molar refractivity (Wildman–Crippen MR) is 69.9 cm³/mol. The number of hydrogen-bond acceptors (Lipinski definition) is 3. The number of nitrogens with zero attached hydrogens (tertiary/aromatic N) is 1. The van der Waals surface area contributed by atoms with E-state index in [-0.39, 0.29) is 6.54 Å². The molecule has 2 aromatic rings. The fourth-order valence-electron chi connectivity index (χ4n) is 2.46. The second-order valence-electron chi connectivity index (χ2n) is 4.54. The van der Waals surface area contributed by atoms with Crippen LogP contribution in [0.3, 0.4) is 0 Å². The van der Waals surface area contributed by atoms with E-state index in [1.807, 2.05) is 18.3 Å². The van der Waals surface area contributed by atoms with Crippen molar-refractivity contribution in [2.75, 3.05) is 13.2 Å². The van der Waals surface area contributed by atoms with E-state index in [9.17, 15) is 4.79 Å². The lowest BCUT2D eigenvalue weighted by Gasteiger charge is -2.18. The van der Waals surface area contributed by atoms with Crippen molar-refractivity contribution in [3.8, 4) is 11.5 Å². The van der Waals surface area contributed by atoms with Crippen molar-refractivity contribution in [1.29, 1.82) is 0 Å². The van der Waals surface area contributed by atoms with Gasteiger partial charge in [-0.25, -0.2) is 0 Å². The van der Waals surface area contributed by atoms with E-state index in [0.29, 0.717) is 19.0 Å². The van der Waals surface area contributed by atoms with E-state index in [0.717, 1.165) is 28.6 Å². The Morgan fingerprint density at radius 2 is 2.00 bits per heavy atom. The summed E-state index contributed by atoms with van der Waals surface area (Å²) >= 11 is 0. The van der Waals surface area contributed by atoms with Crippen LogP contribution >= 0.6 is 0 Å². The maximum absolute atomic E-state index is 10.9. The van der Waals surface area contributed by atoms with E-state index in [1.54, 1.807) is 4.57 Å². The molecule has 0 radical (unpaired) electrons. The van der Waals surface area contributed by atoms with Gasteiger partial charge in [0.05, 0.1) is 5.52 Å². The first kappa shape index (κ1) is 11.9. The molecule has 2 heterocycles. The van der Waals surface area contributed by atoms with Crippen molar-refractivity contribution in [3.63, 3.8) is 0 Å². The molecule has 100 valence electrons. The fraction of sp³-hybridized carbons (Fsp3) is 0.357. The van der Waals surface area contributed by atoms with Crippen LogP contribution in [0.4, 0.5) is 0 Å². The van der Waals surface area contributed by atoms with Gasteiger partial charge in [0.2, 0.25) is 0 Å². The Kier molecular flexibility index (Phi) is 2.81. The zero-order valence-electron chi connectivity index (χ0n) is 10.7. The minimum Gasteiger partial charge on any atom is -0.486 e. The minimum atomic E-state index is -0.852. The Labute approximate surface area is 110 Å². The normalized spacial score (nSPS) is 13.7. The molecule has 19 heavy (non-hydrogen) atoms. The molecular formula is C14H15NO4. The monoisotopic (exact) mass is 261 g/mol. The van der Waals surface area contributed by atoms with Crippen LogP contribution in [-0.4, -0.2) is 28.9 Å². The van der Waals surface area contributed by atoms with Gasteiger partial charge in [-0.3, -0.25) is 4.79 Å². The molecule has 5 heteroatoms. The Balaban J connectivity index is 2.19. The highest BCUT2D eigenvalue weighted by atomic mass is 16.6. The van der Waals surface area contributed by atoms with Crippen molar-refractivity contribution in [2.24, 2.45) is 0 Å². The standard InChI is InChI=1S/C14H15NO4/c1-2-9-7-15(8-14(16)17)11-6-13-12(5-10(9)11)18-3-4-19-13/h5-7H,2-4,8H2,1H3,(H,16,17). The highest BCUT2D eigenvalue weighted by molar-refractivity contribution is 5.88. The Morgan fingerprint density at radius 1 is 1.32 bits per heavy atom. The molecule has 0 atom stereocenters.